The van der Waals surface area contributed by atoms with E-state index in [1.807, 2.05) is 55.6 Å². The molecule has 2 aromatic carbocycles. The van der Waals surface area contributed by atoms with Gasteiger partial charge in [-0.05, 0) is 67.0 Å². The van der Waals surface area contributed by atoms with E-state index < -0.39 is 0 Å². The van der Waals surface area contributed by atoms with Crippen LogP contribution in [0.2, 0.25) is 0 Å². The Bertz CT molecular complexity index is 1220. The molecule has 0 aliphatic carbocycles. The number of carbonyl (C=O) groups is 1. The van der Waals surface area contributed by atoms with E-state index in [0.717, 1.165) is 32.8 Å². The van der Waals surface area contributed by atoms with Gasteiger partial charge in [-0.15, -0.1) is 11.3 Å². The van der Waals surface area contributed by atoms with Crippen LogP contribution in [-0.4, -0.2) is 15.9 Å². The highest BCUT2D eigenvalue weighted by Gasteiger charge is 2.15. The molecule has 0 aliphatic rings. The van der Waals surface area contributed by atoms with Crippen LogP contribution in [0.4, 0.5) is 10.2 Å². The maximum atomic E-state index is 13.6. The number of aromatic nitrogens is 2. The van der Waals surface area contributed by atoms with Crippen LogP contribution in [0.25, 0.3) is 10.6 Å². The standard InChI is InChI=1S/C26H24FN3OS/c1-17-5-8-19(9-6-17)14-24(31)30-26-25(23-4-3-13-32-23)28-16-22(29-26)12-10-20-15-21(27)11-7-18(20)2/h3-9,11,13,15-16H,10,12,14H2,1-2H3,(H,29,30,31). The van der Waals surface area contributed by atoms with Crippen molar-refractivity contribution in [3.05, 3.63) is 99.9 Å². The Morgan fingerprint density at radius 3 is 2.62 bits per heavy atom. The largest absolute Gasteiger partial charge is 0.309 e. The quantitative estimate of drug-likeness (QED) is 0.384. The predicted molar refractivity (Wildman–Crippen MR) is 127 cm³/mol. The fraction of sp³-hybridized carbons (Fsp3) is 0.192. The molecule has 2 heterocycles. The molecule has 0 radical (unpaired) electrons. The van der Waals surface area contributed by atoms with Crippen molar-refractivity contribution in [1.82, 2.24) is 9.97 Å². The van der Waals surface area contributed by atoms with E-state index in [2.05, 4.69) is 10.3 Å². The van der Waals surface area contributed by atoms with Crippen LogP contribution in [0.15, 0.2) is 66.2 Å². The number of rotatable bonds is 7. The van der Waals surface area contributed by atoms with Crippen molar-refractivity contribution in [3.8, 4) is 10.6 Å². The van der Waals surface area contributed by atoms with Crippen LogP contribution >= 0.6 is 11.3 Å². The Labute approximate surface area is 191 Å². The number of thiophene rings is 1. The number of carbonyl (C=O) groups excluding carboxylic acids is 1. The lowest BCUT2D eigenvalue weighted by molar-refractivity contribution is -0.115. The summed E-state index contributed by atoms with van der Waals surface area (Å²) in [7, 11) is 0. The topological polar surface area (TPSA) is 54.9 Å². The fourth-order valence-corrected chi connectivity index (χ4v) is 4.19. The Kier molecular flexibility index (Phi) is 6.71. The average molecular weight is 446 g/mol. The molecule has 0 saturated heterocycles. The van der Waals surface area contributed by atoms with Gasteiger partial charge in [-0.1, -0.05) is 42.0 Å². The maximum Gasteiger partial charge on any atom is 0.230 e. The molecule has 6 heteroatoms. The molecular weight excluding hydrogens is 421 g/mol. The molecule has 4 nitrogen and oxygen atoms in total. The van der Waals surface area contributed by atoms with Crippen molar-refractivity contribution in [2.75, 3.05) is 5.32 Å². The van der Waals surface area contributed by atoms with Crippen molar-refractivity contribution < 1.29 is 9.18 Å². The second-order valence-electron chi connectivity index (χ2n) is 7.82. The Morgan fingerprint density at radius 2 is 1.88 bits per heavy atom. The Balaban J connectivity index is 1.55. The SMILES string of the molecule is Cc1ccc(CC(=O)Nc2nc(CCc3cc(F)ccc3C)cnc2-c2cccs2)cc1. The van der Waals surface area contributed by atoms with Crippen molar-refractivity contribution in [3.63, 3.8) is 0 Å². The number of anilines is 1. The van der Waals surface area contributed by atoms with Crippen LogP contribution < -0.4 is 5.32 Å². The molecule has 0 atom stereocenters. The third-order valence-corrected chi connectivity index (χ3v) is 6.16. The lowest BCUT2D eigenvalue weighted by Gasteiger charge is -2.11. The second kappa shape index (κ2) is 9.83. The smallest absolute Gasteiger partial charge is 0.230 e. The van der Waals surface area contributed by atoms with Gasteiger partial charge in [-0.2, -0.15) is 0 Å². The van der Waals surface area contributed by atoms with Crippen LogP contribution in [-0.2, 0) is 24.1 Å². The first-order valence-electron chi connectivity index (χ1n) is 10.5. The van der Waals surface area contributed by atoms with Gasteiger partial charge < -0.3 is 5.32 Å². The molecule has 4 rings (SSSR count). The molecule has 0 bridgehead atoms. The van der Waals surface area contributed by atoms with Crippen molar-refractivity contribution in [1.29, 1.82) is 0 Å². The van der Waals surface area contributed by atoms with Gasteiger partial charge in [-0.3, -0.25) is 4.79 Å². The molecule has 2 aromatic heterocycles. The molecule has 1 N–H and O–H groups in total. The number of nitrogens with one attached hydrogen (secondary N) is 1. The van der Waals surface area contributed by atoms with Gasteiger partial charge in [0.25, 0.3) is 0 Å². The summed E-state index contributed by atoms with van der Waals surface area (Å²) in [5.41, 5.74) is 5.49. The molecule has 0 unspecified atom stereocenters. The Morgan fingerprint density at radius 1 is 1.06 bits per heavy atom. The summed E-state index contributed by atoms with van der Waals surface area (Å²) < 4.78 is 13.6. The first-order valence-corrected chi connectivity index (χ1v) is 11.4. The summed E-state index contributed by atoms with van der Waals surface area (Å²) in [6.07, 6.45) is 3.24. The number of benzene rings is 2. The van der Waals surface area contributed by atoms with Gasteiger partial charge in [-0.25, -0.2) is 14.4 Å². The number of nitrogens with zero attached hydrogens (tertiary/aromatic N) is 2. The zero-order chi connectivity index (χ0) is 22.5. The number of hydrogen-bond acceptors (Lipinski definition) is 4. The highest BCUT2D eigenvalue weighted by atomic mass is 32.1. The summed E-state index contributed by atoms with van der Waals surface area (Å²) in [4.78, 5) is 23.0. The second-order valence-corrected chi connectivity index (χ2v) is 8.76. The van der Waals surface area contributed by atoms with E-state index in [-0.39, 0.29) is 18.1 Å². The van der Waals surface area contributed by atoms with Crippen molar-refractivity contribution >= 4 is 23.1 Å². The van der Waals surface area contributed by atoms with E-state index >= 15 is 0 Å². The minimum atomic E-state index is -0.242. The maximum absolute atomic E-state index is 13.6. The minimum absolute atomic E-state index is 0.140. The highest BCUT2D eigenvalue weighted by molar-refractivity contribution is 7.13. The van der Waals surface area contributed by atoms with Crippen LogP contribution in [0.5, 0.6) is 0 Å². The summed E-state index contributed by atoms with van der Waals surface area (Å²) in [6.45, 7) is 3.99. The molecule has 0 aliphatic heterocycles. The normalized spacial score (nSPS) is 10.8. The van der Waals surface area contributed by atoms with Gasteiger partial charge >= 0.3 is 0 Å². The van der Waals surface area contributed by atoms with Gasteiger partial charge in [0.1, 0.15) is 11.5 Å². The molecular formula is C26H24FN3OS. The number of hydrogen-bond donors (Lipinski definition) is 1. The molecule has 162 valence electrons. The highest BCUT2D eigenvalue weighted by Crippen LogP contribution is 2.29. The van der Waals surface area contributed by atoms with Crippen molar-refractivity contribution in [2.24, 2.45) is 0 Å². The van der Waals surface area contributed by atoms with E-state index in [0.29, 0.717) is 24.4 Å². The van der Waals surface area contributed by atoms with E-state index in [1.165, 1.54) is 6.07 Å². The average Bonchev–Trinajstić information content (AvgIpc) is 3.31. The van der Waals surface area contributed by atoms with E-state index in [1.54, 1.807) is 29.7 Å². The summed E-state index contributed by atoms with van der Waals surface area (Å²) >= 11 is 1.55. The van der Waals surface area contributed by atoms with Crippen LogP contribution in [0.1, 0.15) is 27.9 Å². The molecule has 0 saturated carbocycles. The van der Waals surface area contributed by atoms with Crippen LogP contribution in [0, 0.1) is 19.7 Å². The summed E-state index contributed by atoms with van der Waals surface area (Å²) in [5.74, 6) is 0.0749. The molecule has 0 fully saturated rings. The van der Waals surface area contributed by atoms with Gasteiger partial charge in [0.05, 0.1) is 17.0 Å². The molecule has 0 spiro atoms. The fourth-order valence-electron chi connectivity index (χ4n) is 3.47. The first-order chi connectivity index (χ1) is 15.5. The van der Waals surface area contributed by atoms with Crippen LogP contribution in [0.3, 0.4) is 0 Å². The number of halogens is 1. The first kappa shape index (κ1) is 21.8. The predicted octanol–water partition coefficient (Wildman–Crippen LogP) is 5.93. The molecule has 1 amide bonds. The summed E-state index contributed by atoms with van der Waals surface area (Å²) in [5, 5.41) is 4.92. The summed E-state index contributed by atoms with van der Waals surface area (Å²) in [6, 6.07) is 16.6. The van der Waals surface area contributed by atoms with Gasteiger partial charge in [0.15, 0.2) is 5.82 Å². The minimum Gasteiger partial charge on any atom is -0.309 e. The van der Waals surface area contributed by atoms with E-state index in [4.69, 9.17) is 4.98 Å². The monoisotopic (exact) mass is 445 g/mol. The zero-order valence-corrected chi connectivity index (χ0v) is 18.9. The number of amides is 1. The molecule has 32 heavy (non-hydrogen) atoms. The zero-order valence-electron chi connectivity index (χ0n) is 18.1. The number of aryl methyl sites for hydroxylation is 4. The third-order valence-electron chi connectivity index (χ3n) is 5.28. The van der Waals surface area contributed by atoms with Crippen molar-refractivity contribution in [2.45, 2.75) is 33.1 Å². The third kappa shape index (κ3) is 5.45. The van der Waals surface area contributed by atoms with Gasteiger partial charge in [0, 0.05) is 6.20 Å². The lowest BCUT2D eigenvalue weighted by Crippen LogP contribution is -2.17. The van der Waals surface area contributed by atoms with E-state index in [9.17, 15) is 9.18 Å². The lowest BCUT2D eigenvalue weighted by atomic mass is 10.0. The molecule has 4 aromatic rings. The Hall–Kier alpha value is -3.38. The van der Waals surface area contributed by atoms with Gasteiger partial charge in [0.2, 0.25) is 5.91 Å².